The molecule has 178 valence electrons. The molecular formula is C21H15B2ClF4N4O2S. The molecule has 4 rings (SSSR count). The third-order valence-electron chi connectivity index (χ3n) is 4.93. The molecule has 0 amide bonds. The summed E-state index contributed by atoms with van der Waals surface area (Å²) in [6.45, 7) is 2.70. The van der Waals surface area contributed by atoms with Gasteiger partial charge in [0.1, 0.15) is 16.5 Å². The van der Waals surface area contributed by atoms with Crippen molar-refractivity contribution in [1.82, 2.24) is 19.9 Å². The number of hydrogen-bond donors (Lipinski definition) is 1. The summed E-state index contributed by atoms with van der Waals surface area (Å²) in [7, 11) is 12.0. The molecule has 1 N–H and O–H groups in total. The van der Waals surface area contributed by atoms with Gasteiger partial charge in [-0.1, -0.05) is 22.8 Å². The zero-order valence-electron chi connectivity index (χ0n) is 18.3. The number of nitrogens with zero attached hydrogens (tertiary/aromatic N) is 4. The highest BCUT2D eigenvalue weighted by Gasteiger charge is 2.44. The first-order chi connectivity index (χ1) is 16.2. The monoisotopic (exact) mass is 520 g/mol. The highest BCUT2D eigenvalue weighted by Crippen LogP contribution is 2.47. The van der Waals surface area contributed by atoms with Crippen molar-refractivity contribution in [1.29, 1.82) is 0 Å². The number of thiazole rings is 1. The molecule has 3 aromatic heterocycles. The molecule has 4 aromatic rings. The Morgan fingerprint density at radius 1 is 1.20 bits per heavy atom. The summed E-state index contributed by atoms with van der Waals surface area (Å²) in [5.74, 6) is -1.14. The van der Waals surface area contributed by atoms with Gasteiger partial charge in [-0.2, -0.15) is 18.3 Å². The largest absolute Gasteiger partial charge is 0.433 e. The van der Waals surface area contributed by atoms with E-state index < -0.39 is 40.6 Å². The molecule has 14 heteroatoms. The third-order valence-corrected chi connectivity index (χ3v) is 6.04. The number of aliphatic hydroxyl groups is 1. The van der Waals surface area contributed by atoms with Gasteiger partial charge < -0.3 is 9.63 Å². The molecule has 0 aliphatic heterocycles. The maximum atomic E-state index is 14.7. The number of halogens is 5. The molecule has 4 radical (unpaired) electrons. The molecule has 0 saturated carbocycles. The first-order valence-electron chi connectivity index (χ1n) is 10.0. The fourth-order valence-corrected chi connectivity index (χ4v) is 4.72. The minimum Gasteiger partial charge on any atom is -0.390 e. The lowest BCUT2D eigenvalue weighted by atomic mass is 9.57. The molecule has 6 nitrogen and oxygen atoms in total. The highest BCUT2D eigenvalue weighted by molar-refractivity contribution is 7.13. The summed E-state index contributed by atoms with van der Waals surface area (Å²) in [4.78, 5) is 4.15. The van der Waals surface area contributed by atoms with Crippen molar-refractivity contribution in [3.05, 3.63) is 52.5 Å². The van der Waals surface area contributed by atoms with Crippen LogP contribution in [0.15, 0.2) is 40.5 Å². The van der Waals surface area contributed by atoms with Gasteiger partial charge in [-0.15, -0.1) is 11.3 Å². The number of alkyl halides is 3. The Hall–Kier alpha value is -2.63. The Kier molecular flexibility index (Phi) is 6.40. The maximum absolute atomic E-state index is 14.7. The highest BCUT2D eigenvalue weighted by atomic mass is 35.5. The standard InChI is InChI=1S/C21H15B2ClF4N4O2S/c1-19(2,33)9-20(22,23)32-17(21(26,27)28)10(8-30-32)16-14(18-29-6-7-35-18)15(31-34-16)13-11(24)4-3-5-12(13)25/h3-8,33H,9H2,1-2H3. The van der Waals surface area contributed by atoms with E-state index in [1.165, 1.54) is 32.2 Å². The van der Waals surface area contributed by atoms with Gasteiger partial charge in [0.25, 0.3) is 0 Å². The number of rotatable bonds is 6. The lowest BCUT2D eigenvalue weighted by Crippen LogP contribution is -2.44. The topological polar surface area (TPSA) is 77.0 Å². The minimum atomic E-state index is -5.00. The lowest BCUT2D eigenvalue weighted by Gasteiger charge is -2.34. The summed E-state index contributed by atoms with van der Waals surface area (Å²) < 4.78 is 63.4. The minimum absolute atomic E-state index is 0.0146. The van der Waals surface area contributed by atoms with Crippen molar-refractivity contribution in [3.8, 4) is 33.2 Å². The predicted octanol–water partition coefficient (Wildman–Crippen LogP) is 5.25. The van der Waals surface area contributed by atoms with Crippen LogP contribution >= 0.6 is 22.9 Å². The Labute approximate surface area is 208 Å². The van der Waals surface area contributed by atoms with Crippen LogP contribution in [0.25, 0.3) is 33.2 Å². The van der Waals surface area contributed by atoms with Gasteiger partial charge in [0.15, 0.2) is 11.5 Å². The molecule has 0 unspecified atom stereocenters. The van der Waals surface area contributed by atoms with E-state index >= 15 is 0 Å². The van der Waals surface area contributed by atoms with Crippen LogP contribution in [0.4, 0.5) is 17.6 Å². The van der Waals surface area contributed by atoms with Crippen LogP contribution in [0.3, 0.4) is 0 Å². The molecule has 0 bridgehead atoms. The first kappa shape index (κ1) is 25.5. The molecule has 0 fully saturated rings. The van der Waals surface area contributed by atoms with Crippen LogP contribution in [-0.2, 0) is 11.5 Å². The van der Waals surface area contributed by atoms with E-state index in [2.05, 4.69) is 15.2 Å². The van der Waals surface area contributed by atoms with Crippen LogP contribution < -0.4 is 0 Å². The summed E-state index contributed by atoms with van der Waals surface area (Å²) in [5, 5.41) is 17.3. The average Bonchev–Trinajstić information content (AvgIpc) is 3.44. The molecule has 0 saturated heterocycles. The summed E-state index contributed by atoms with van der Waals surface area (Å²) in [6.07, 6.45) is -3.17. The van der Waals surface area contributed by atoms with E-state index in [-0.39, 0.29) is 32.6 Å². The summed E-state index contributed by atoms with van der Waals surface area (Å²) >= 11 is 7.27. The lowest BCUT2D eigenvalue weighted by molar-refractivity contribution is -0.144. The Morgan fingerprint density at radius 2 is 1.91 bits per heavy atom. The molecule has 0 aliphatic rings. The third kappa shape index (κ3) is 4.89. The summed E-state index contributed by atoms with van der Waals surface area (Å²) in [6, 6.07) is 3.92. The van der Waals surface area contributed by atoms with Crippen molar-refractivity contribution in [3.63, 3.8) is 0 Å². The van der Waals surface area contributed by atoms with Gasteiger partial charge in [-0.3, -0.25) is 4.68 Å². The molecule has 0 atom stereocenters. The van der Waals surface area contributed by atoms with Crippen molar-refractivity contribution in [2.45, 2.75) is 37.4 Å². The SMILES string of the molecule is [B]C([B])(CC(C)(C)O)n1ncc(-c2onc(-c3c(F)cccc3Cl)c2-c2nccs2)c1C(F)(F)F. The fraction of sp³-hybridized carbons (Fsp3) is 0.286. The number of benzene rings is 1. The molecule has 0 aliphatic carbocycles. The van der Waals surface area contributed by atoms with E-state index in [0.717, 1.165) is 23.6 Å². The van der Waals surface area contributed by atoms with Gasteiger partial charge in [-0.05, 0) is 37.7 Å². The fourth-order valence-electron chi connectivity index (χ4n) is 3.78. The second-order valence-corrected chi connectivity index (χ2v) is 9.77. The molecule has 35 heavy (non-hydrogen) atoms. The zero-order valence-corrected chi connectivity index (χ0v) is 19.8. The van der Waals surface area contributed by atoms with Crippen LogP contribution in [0.2, 0.25) is 5.02 Å². The van der Waals surface area contributed by atoms with Gasteiger partial charge in [0.05, 0.1) is 49.2 Å². The van der Waals surface area contributed by atoms with E-state index in [9.17, 15) is 22.7 Å². The Bertz CT molecular complexity index is 1340. The summed E-state index contributed by atoms with van der Waals surface area (Å²) in [5.41, 5.74) is -3.71. The van der Waals surface area contributed by atoms with Crippen LogP contribution in [0, 0.1) is 5.82 Å². The van der Waals surface area contributed by atoms with Crippen LogP contribution in [-0.4, -0.2) is 46.3 Å². The molecule has 0 spiro atoms. The predicted molar refractivity (Wildman–Crippen MR) is 125 cm³/mol. The van der Waals surface area contributed by atoms with E-state index in [4.69, 9.17) is 31.8 Å². The Balaban J connectivity index is 2.00. The first-order valence-corrected chi connectivity index (χ1v) is 11.3. The average molecular weight is 521 g/mol. The van der Waals surface area contributed by atoms with E-state index in [0.29, 0.717) is 4.68 Å². The van der Waals surface area contributed by atoms with Gasteiger partial charge in [0.2, 0.25) is 0 Å². The van der Waals surface area contributed by atoms with Crippen molar-refractivity contribution in [2.24, 2.45) is 0 Å². The quantitative estimate of drug-likeness (QED) is 0.278. The second-order valence-electron chi connectivity index (χ2n) is 8.47. The van der Waals surface area contributed by atoms with Crippen molar-refractivity contribution >= 4 is 38.6 Å². The van der Waals surface area contributed by atoms with Gasteiger partial charge >= 0.3 is 6.18 Å². The second kappa shape index (κ2) is 8.79. The van der Waals surface area contributed by atoms with E-state index in [1.807, 2.05) is 0 Å². The zero-order chi connectivity index (χ0) is 25.8. The van der Waals surface area contributed by atoms with Gasteiger partial charge in [-0.25, -0.2) is 9.37 Å². The van der Waals surface area contributed by atoms with E-state index in [1.54, 1.807) is 5.38 Å². The molecular weight excluding hydrogens is 505 g/mol. The van der Waals surface area contributed by atoms with Crippen LogP contribution in [0.1, 0.15) is 26.0 Å². The Morgan fingerprint density at radius 3 is 2.49 bits per heavy atom. The molecule has 1 aromatic carbocycles. The van der Waals surface area contributed by atoms with Crippen LogP contribution in [0.5, 0.6) is 0 Å². The van der Waals surface area contributed by atoms with Gasteiger partial charge in [0, 0.05) is 11.6 Å². The molecule has 3 heterocycles. The normalized spacial score (nSPS) is 12.9. The maximum Gasteiger partial charge on any atom is 0.433 e. The smallest absolute Gasteiger partial charge is 0.390 e. The number of hydrogen-bond acceptors (Lipinski definition) is 6. The van der Waals surface area contributed by atoms with Crippen molar-refractivity contribution in [2.75, 3.05) is 0 Å². The van der Waals surface area contributed by atoms with Crippen molar-refractivity contribution < 1.29 is 27.2 Å². The number of aromatic nitrogens is 4.